The number of methoxy groups -OCH3 is 3. The van der Waals surface area contributed by atoms with Crippen LogP contribution in [-0.4, -0.2) is 83.0 Å². The van der Waals surface area contributed by atoms with Crippen LogP contribution in [0.15, 0.2) is 48.5 Å². The second kappa shape index (κ2) is 11.2. The number of nitrogens with zero attached hydrogens (tertiary/aromatic N) is 6. The smallest absolute Gasteiger partial charge is 0.276 e. The van der Waals surface area contributed by atoms with Crippen molar-refractivity contribution in [2.24, 2.45) is 0 Å². The summed E-state index contributed by atoms with van der Waals surface area (Å²) in [5.74, 6) is 1.09. The van der Waals surface area contributed by atoms with Crippen molar-refractivity contribution in [2.75, 3.05) is 47.5 Å². The van der Waals surface area contributed by atoms with Gasteiger partial charge in [-0.05, 0) is 30.2 Å². The van der Waals surface area contributed by atoms with Crippen molar-refractivity contribution in [1.29, 1.82) is 0 Å². The first-order valence-electron chi connectivity index (χ1n) is 12.6. The fourth-order valence-electron chi connectivity index (χ4n) is 4.87. The van der Waals surface area contributed by atoms with Crippen LogP contribution in [0.3, 0.4) is 0 Å². The summed E-state index contributed by atoms with van der Waals surface area (Å²) in [6.07, 6.45) is 0. The second-order valence-corrected chi connectivity index (χ2v) is 9.25. The number of carbonyl (C=O) groups excluding carboxylic acids is 1. The van der Waals surface area contributed by atoms with E-state index in [1.54, 1.807) is 25.8 Å². The number of benzene rings is 2. The highest BCUT2D eigenvalue weighted by atomic mass is 16.5. The zero-order valence-corrected chi connectivity index (χ0v) is 22.2. The molecule has 0 N–H and O–H groups in total. The van der Waals surface area contributed by atoms with E-state index in [0.29, 0.717) is 47.3 Å². The van der Waals surface area contributed by atoms with E-state index in [1.165, 1.54) is 5.56 Å². The lowest BCUT2D eigenvalue weighted by Gasteiger charge is -2.34. The third kappa shape index (κ3) is 4.92. The molecule has 1 aliphatic heterocycles. The number of fused-ring (bicyclic) bond motifs is 1. The van der Waals surface area contributed by atoms with Crippen molar-refractivity contribution in [1.82, 2.24) is 29.6 Å². The van der Waals surface area contributed by atoms with Crippen molar-refractivity contribution in [2.45, 2.75) is 20.1 Å². The molecule has 5 rings (SSSR count). The van der Waals surface area contributed by atoms with Crippen molar-refractivity contribution < 1.29 is 19.0 Å². The molecule has 10 nitrogen and oxygen atoms in total. The Labute approximate surface area is 221 Å². The molecule has 10 heteroatoms. The van der Waals surface area contributed by atoms with Gasteiger partial charge in [0.2, 0.25) is 0 Å². The van der Waals surface area contributed by atoms with Gasteiger partial charge in [-0.3, -0.25) is 9.69 Å². The molecule has 38 heavy (non-hydrogen) atoms. The van der Waals surface area contributed by atoms with Crippen LogP contribution in [0.25, 0.3) is 16.8 Å². The van der Waals surface area contributed by atoms with Crippen LogP contribution in [0, 0.1) is 6.92 Å². The first-order valence-corrected chi connectivity index (χ1v) is 12.6. The zero-order chi connectivity index (χ0) is 26.6. The van der Waals surface area contributed by atoms with Crippen LogP contribution < -0.4 is 9.47 Å². The summed E-state index contributed by atoms with van der Waals surface area (Å²) in [7, 11) is 4.81. The minimum absolute atomic E-state index is 0.132. The van der Waals surface area contributed by atoms with Gasteiger partial charge in [0.25, 0.3) is 5.91 Å². The van der Waals surface area contributed by atoms with E-state index in [9.17, 15) is 4.79 Å². The number of piperazine rings is 1. The molecule has 1 aliphatic rings. The van der Waals surface area contributed by atoms with E-state index in [2.05, 4.69) is 39.4 Å². The average molecular weight is 517 g/mol. The fraction of sp³-hybridized carbons (Fsp3) is 0.357. The van der Waals surface area contributed by atoms with E-state index in [1.807, 2.05) is 36.1 Å². The monoisotopic (exact) mass is 516 g/mol. The fourth-order valence-corrected chi connectivity index (χ4v) is 4.87. The normalized spacial score (nSPS) is 14.2. The van der Waals surface area contributed by atoms with Gasteiger partial charge in [-0.15, -0.1) is 10.2 Å². The minimum Gasteiger partial charge on any atom is -0.493 e. The number of carbonyl (C=O) groups is 1. The zero-order valence-electron chi connectivity index (χ0n) is 22.2. The number of aromatic nitrogens is 4. The summed E-state index contributed by atoms with van der Waals surface area (Å²) in [5, 5.41) is 13.6. The molecule has 0 bridgehead atoms. The first kappa shape index (κ1) is 25.6. The van der Waals surface area contributed by atoms with Crippen molar-refractivity contribution in [3.8, 4) is 22.6 Å². The summed E-state index contributed by atoms with van der Waals surface area (Å²) in [6.45, 7) is 5.88. The van der Waals surface area contributed by atoms with Gasteiger partial charge in [0.1, 0.15) is 0 Å². The maximum atomic E-state index is 13.5. The van der Waals surface area contributed by atoms with Crippen LogP contribution in [0.1, 0.15) is 27.4 Å². The van der Waals surface area contributed by atoms with Crippen LogP contribution >= 0.6 is 0 Å². The van der Waals surface area contributed by atoms with Gasteiger partial charge in [-0.2, -0.15) is 5.10 Å². The van der Waals surface area contributed by atoms with Gasteiger partial charge in [0.15, 0.2) is 22.8 Å². The summed E-state index contributed by atoms with van der Waals surface area (Å²) in [6, 6.07) is 16.0. The number of aryl methyl sites for hydroxylation is 1. The Balaban J connectivity index is 1.41. The second-order valence-electron chi connectivity index (χ2n) is 9.25. The summed E-state index contributed by atoms with van der Waals surface area (Å²) in [4.78, 5) is 17.7. The average Bonchev–Trinajstić information content (AvgIpc) is 3.32. The lowest BCUT2D eigenvalue weighted by molar-refractivity contribution is 0.0620. The number of hydrogen-bond donors (Lipinski definition) is 0. The molecular weight excluding hydrogens is 484 g/mol. The predicted octanol–water partition coefficient (Wildman–Crippen LogP) is 3.22. The molecule has 198 valence electrons. The summed E-state index contributed by atoms with van der Waals surface area (Å²) >= 11 is 0. The van der Waals surface area contributed by atoms with E-state index in [4.69, 9.17) is 19.3 Å². The summed E-state index contributed by atoms with van der Waals surface area (Å²) in [5.41, 5.74) is 5.07. The number of rotatable bonds is 8. The lowest BCUT2D eigenvalue weighted by Crippen LogP contribution is -2.48. The lowest BCUT2D eigenvalue weighted by atomic mass is 10.1. The highest BCUT2D eigenvalue weighted by molar-refractivity contribution is 5.94. The number of hydrogen-bond acceptors (Lipinski definition) is 8. The van der Waals surface area contributed by atoms with Gasteiger partial charge in [-0.1, -0.05) is 36.4 Å². The molecule has 0 spiro atoms. The van der Waals surface area contributed by atoms with Crippen LogP contribution in [0.2, 0.25) is 0 Å². The Kier molecular flexibility index (Phi) is 7.52. The maximum Gasteiger partial charge on any atom is 0.276 e. The number of ether oxygens (including phenoxy) is 3. The Bertz CT molecular complexity index is 1430. The maximum absolute atomic E-state index is 13.5. The molecule has 2 aromatic carbocycles. The Morgan fingerprint density at radius 2 is 1.66 bits per heavy atom. The number of amides is 1. The molecule has 1 amide bonds. The predicted molar refractivity (Wildman–Crippen MR) is 142 cm³/mol. The minimum atomic E-state index is -0.132. The van der Waals surface area contributed by atoms with Gasteiger partial charge in [0.05, 0.1) is 37.8 Å². The molecule has 0 radical (unpaired) electrons. The molecule has 0 atom stereocenters. The molecule has 1 fully saturated rings. The Morgan fingerprint density at radius 3 is 2.34 bits per heavy atom. The molecule has 0 unspecified atom stereocenters. The molecule has 0 aliphatic carbocycles. The van der Waals surface area contributed by atoms with E-state index < -0.39 is 0 Å². The van der Waals surface area contributed by atoms with Gasteiger partial charge in [0, 0.05) is 39.8 Å². The van der Waals surface area contributed by atoms with Crippen LogP contribution in [0.5, 0.6) is 11.5 Å². The van der Waals surface area contributed by atoms with Crippen molar-refractivity contribution in [3.05, 3.63) is 71.2 Å². The van der Waals surface area contributed by atoms with E-state index in [0.717, 1.165) is 30.8 Å². The SMILES string of the molecule is COCc1nn2c(C)c(C(=O)N3CCN(Cc4ccccc4)CC3)nnc2c1-c1ccc(OC)c(OC)c1. The molecule has 4 aromatic rings. The largest absolute Gasteiger partial charge is 0.493 e. The van der Waals surface area contributed by atoms with E-state index >= 15 is 0 Å². The molecule has 1 saturated heterocycles. The molecule has 0 saturated carbocycles. The van der Waals surface area contributed by atoms with Crippen LogP contribution in [0.4, 0.5) is 0 Å². The molecule has 2 aromatic heterocycles. The van der Waals surface area contributed by atoms with Crippen molar-refractivity contribution >= 4 is 11.6 Å². The quantitative estimate of drug-likeness (QED) is 0.352. The highest BCUT2D eigenvalue weighted by Gasteiger charge is 2.27. The Hall–Kier alpha value is -4.02. The van der Waals surface area contributed by atoms with Gasteiger partial charge < -0.3 is 19.1 Å². The topological polar surface area (TPSA) is 94.3 Å². The highest BCUT2D eigenvalue weighted by Crippen LogP contribution is 2.35. The van der Waals surface area contributed by atoms with Gasteiger partial charge in [-0.25, -0.2) is 4.52 Å². The third-order valence-electron chi connectivity index (χ3n) is 6.90. The van der Waals surface area contributed by atoms with Crippen molar-refractivity contribution in [3.63, 3.8) is 0 Å². The first-order chi connectivity index (χ1) is 18.5. The van der Waals surface area contributed by atoms with Crippen LogP contribution in [-0.2, 0) is 17.9 Å². The van der Waals surface area contributed by atoms with Gasteiger partial charge >= 0.3 is 0 Å². The standard InChI is InChI=1S/C28H32N6O4/c1-19-26(28(35)33-14-12-32(13-15-33)17-20-8-6-5-7-9-20)29-30-27-25(22(18-36-2)31-34(19)27)21-10-11-23(37-3)24(16-21)38-4/h5-11,16H,12-15,17-18H2,1-4H3. The summed E-state index contributed by atoms with van der Waals surface area (Å²) < 4.78 is 18.0. The molecular formula is C28H32N6O4. The van der Waals surface area contributed by atoms with E-state index in [-0.39, 0.29) is 12.5 Å². The molecule has 3 heterocycles. The third-order valence-corrected chi connectivity index (χ3v) is 6.90. The Morgan fingerprint density at radius 1 is 0.921 bits per heavy atom.